The van der Waals surface area contributed by atoms with E-state index < -0.39 is 16.7 Å². The number of amides is 1. The summed E-state index contributed by atoms with van der Waals surface area (Å²) in [6.07, 6.45) is 0.275. The Morgan fingerprint density at radius 1 is 1.33 bits per heavy atom. The number of anilines is 3. The quantitative estimate of drug-likeness (QED) is 0.482. The Balaban J connectivity index is 2.10. The van der Waals surface area contributed by atoms with Crippen LogP contribution in [0.3, 0.4) is 0 Å². The molecule has 0 unspecified atom stereocenters. The zero-order chi connectivity index (χ0) is 19.4. The second-order valence-electron chi connectivity index (χ2n) is 5.68. The Bertz CT molecular complexity index is 881. The molecular weight excluding hydrogens is 356 g/mol. The van der Waals surface area contributed by atoms with E-state index in [0.29, 0.717) is 43.2 Å². The normalized spacial score (nSPS) is 13.9. The van der Waals surface area contributed by atoms with Gasteiger partial charge >= 0.3 is 6.09 Å². The molecule has 2 aromatic rings. The predicted molar refractivity (Wildman–Crippen MR) is 95.9 cm³/mol. The van der Waals surface area contributed by atoms with Crippen molar-refractivity contribution in [3.05, 3.63) is 52.2 Å². The zero-order valence-electron chi connectivity index (χ0n) is 14.1. The van der Waals surface area contributed by atoms with Crippen LogP contribution in [0.1, 0.15) is 10.4 Å². The molecule has 1 saturated heterocycles. The lowest BCUT2D eigenvalue weighted by atomic mass is 10.2. The molecule has 0 aliphatic carbocycles. The van der Waals surface area contributed by atoms with E-state index in [1.54, 1.807) is 6.07 Å². The van der Waals surface area contributed by atoms with Crippen molar-refractivity contribution in [1.82, 2.24) is 4.98 Å². The molecule has 2 heterocycles. The summed E-state index contributed by atoms with van der Waals surface area (Å²) in [4.78, 5) is 40.6. The predicted octanol–water partition coefficient (Wildman–Crippen LogP) is 2.46. The van der Waals surface area contributed by atoms with Crippen LogP contribution in [0.4, 0.5) is 27.7 Å². The largest absolute Gasteiger partial charge is 0.464 e. The topological polar surface area (TPSA) is 126 Å². The number of nitro groups is 1. The number of morpholine rings is 1. The fraction of sp³-hybridized carbons (Fsp3) is 0.235. The Hall–Kier alpha value is -3.53. The smallest absolute Gasteiger partial charge is 0.417 e. The summed E-state index contributed by atoms with van der Waals surface area (Å²) >= 11 is 0. The van der Waals surface area contributed by atoms with E-state index in [-0.39, 0.29) is 17.1 Å². The molecule has 10 nitrogen and oxygen atoms in total. The Morgan fingerprint density at radius 2 is 2.07 bits per heavy atom. The van der Waals surface area contributed by atoms with E-state index in [0.717, 1.165) is 0 Å². The van der Waals surface area contributed by atoms with Crippen LogP contribution in [-0.2, 0) is 4.74 Å². The third kappa shape index (κ3) is 3.70. The van der Waals surface area contributed by atoms with Crippen LogP contribution in [0.25, 0.3) is 0 Å². The molecule has 1 amide bonds. The number of benzene rings is 1. The molecule has 0 saturated carbocycles. The summed E-state index contributed by atoms with van der Waals surface area (Å²) < 4.78 is 5.27. The molecule has 1 aromatic carbocycles. The molecule has 1 aliphatic heterocycles. The molecule has 1 N–H and O–H groups in total. The number of hydrogen-bond acceptors (Lipinski definition) is 7. The van der Waals surface area contributed by atoms with Gasteiger partial charge < -0.3 is 14.7 Å². The minimum atomic E-state index is -1.49. The number of ether oxygens (including phenoxy) is 1. The van der Waals surface area contributed by atoms with Crippen LogP contribution < -0.4 is 9.80 Å². The van der Waals surface area contributed by atoms with Gasteiger partial charge in [-0.15, -0.1) is 0 Å². The zero-order valence-corrected chi connectivity index (χ0v) is 14.1. The average Bonchev–Trinajstić information content (AvgIpc) is 2.69. The van der Waals surface area contributed by atoms with Gasteiger partial charge in [0.05, 0.1) is 23.7 Å². The van der Waals surface area contributed by atoms with Crippen molar-refractivity contribution in [3.8, 4) is 0 Å². The van der Waals surface area contributed by atoms with Crippen LogP contribution >= 0.6 is 0 Å². The highest BCUT2D eigenvalue weighted by Gasteiger charge is 2.29. The van der Waals surface area contributed by atoms with Crippen molar-refractivity contribution in [1.29, 1.82) is 0 Å². The second kappa shape index (κ2) is 7.79. The van der Waals surface area contributed by atoms with Gasteiger partial charge in [-0.1, -0.05) is 0 Å². The summed E-state index contributed by atoms with van der Waals surface area (Å²) in [5.74, 6) is -0.192. The number of hydrogen-bond donors (Lipinski definition) is 1. The second-order valence-corrected chi connectivity index (χ2v) is 5.68. The molecule has 1 aromatic heterocycles. The highest BCUT2D eigenvalue weighted by Crippen LogP contribution is 2.37. The molecule has 27 heavy (non-hydrogen) atoms. The standard InChI is InChI=1S/C17H16N4O6/c22-11-12-2-1-5-18-16(12)20(17(23)24)14-4-3-13(10-15(14)21(25)26)19-6-8-27-9-7-19/h1-5,10-11H,6-9H2,(H,23,24). The first-order chi connectivity index (χ1) is 13.0. The fourth-order valence-electron chi connectivity index (χ4n) is 2.86. The lowest BCUT2D eigenvalue weighted by molar-refractivity contribution is -0.384. The Morgan fingerprint density at radius 3 is 2.70 bits per heavy atom. The van der Waals surface area contributed by atoms with Gasteiger partial charge in [0.1, 0.15) is 5.69 Å². The summed E-state index contributed by atoms with van der Waals surface area (Å²) in [5.41, 5.74) is 0.0115. The van der Waals surface area contributed by atoms with E-state index in [2.05, 4.69) is 4.98 Å². The summed E-state index contributed by atoms with van der Waals surface area (Å²) in [6, 6.07) is 7.13. The average molecular weight is 372 g/mol. The van der Waals surface area contributed by atoms with Gasteiger partial charge in [-0.05, 0) is 24.3 Å². The van der Waals surface area contributed by atoms with Crippen LogP contribution in [0.5, 0.6) is 0 Å². The number of carbonyl (C=O) groups is 2. The number of aromatic nitrogens is 1. The van der Waals surface area contributed by atoms with Crippen molar-refractivity contribution >= 4 is 35.3 Å². The van der Waals surface area contributed by atoms with Gasteiger partial charge in [0.25, 0.3) is 5.69 Å². The number of pyridine rings is 1. The number of carboxylic acid groups (broad SMARTS) is 1. The van der Waals surface area contributed by atoms with Crippen LogP contribution in [0.2, 0.25) is 0 Å². The van der Waals surface area contributed by atoms with Gasteiger partial charge in [0.2, 0.25) is 0 Å². The molecule has 140 valence electrons. The molecule has 0 radical (unpaired) electrons. The molecular formula is C17H16N4O6. The van der Waals surface area contributed by atoms with E-state index >= 15 is 0 Å². The third-order valence-electron chi connectivity index (χ3n) is 4.12. The summed E-state index contributed by atoms with van der Waals surface area (Å²) in [7, 11) is 0. The number of rotatable bonds is 5. The van der Waals surface area contributed by atoms with E-state index in [1.165, 1.54) is 30.5 Å². The maximum absolute atomic E-state index is 11.9. The fourth-order valence-corrected chi connectivity index (χ4v) is 2.86. The van der Waals surface area contributed by atoms with Crippen molar-refractivity contribution in [2.24, 2.45) is 0 Å². The first-order valence-corrected chi connectivity index (χ1v) is 8.07. The van der Waals surface area contributed by atoms with Crippen LogP contribution in [0, 0.1) is 10.1 Å². The molecule has 0 spiro atoms. The third-order valence-corrected chi connectivity index (χ3v) is 4.12. The Kier molecular flexibility index (Phi) is 5.27. The molecule has 1 fully saturated rings. The van der Waals surface area contributed by atoms with E-state index in [4.69, 9.17) is 4.74 Å². The number of carbonyl (C=O) groups excluding carboxylic acids is 1. The molecule has 1 aliphatic rings. The minimum absolute atomic E-state index is 0.00598. The van der Waals surface area contributed by atoms with Crippen molar-refractivity contribution in [2.75, 3.05) is 36.1 Å². The van der Waals surface area contributed by atoms with Crippen LogP contribution in [0.15, 0.2) is 36.5 Å². The van der Waals surface area contributed by atoms with Gasteiger partial charge in [0.15, 0.2) is 12.1 Å². The molecule has 0 bridgehead atoms. The number of aldehydes is 1. The van der Waals surface area contributed by atoms with Crippen molar-refractivity contribution < 1.29 is 24.4 Å². The van der Waals surface area contributed by atoms with Gasteiger partial charge in [-0.25, -0.2) is 14.7 Å². The van der Waals surface area contributed by atoms with Gasteiger partial charge in [0, 0.05) is 31.0 Å². The molecule has 0 atom stereocenters. The number of nitrogens with zero attached hydrogens (tertiary/aromatic N) is 4. The number of nitro benzene ring substituents is 1. The maximum Gasteiger partial charge on any atom is 0.417 e. The highest BCUT2D eigenvalue weighted by molar-refractivity contribution is 6.00. The SMILES string of the molecule is O=Cc1cccnc1N(C(=O)O)c1ccc(N2CCOCC2)cc1[N+](=O)[O-]. The van der Waals surface area contributed by atoms with Gasteiger partial charge in [-0.3, -0.25) is 14.9 Å². The first kappa shape index (κ1) is 18.3. The first-order valence-electron chi connectivity index (χ1n) is 8.07. The monoisotopic (exact) mass is 372 g/mol. The van der Waals surface area contributed by atoms with E-state index in [1.807, 2.05) is 4.90 Å². The highest BCUT2D eigenvalue weighted by atomic mass is 16.6. The van der Waals surface area contributed by atoms with Gasteiger partial charge in [-0.2, -0.15) is 0 Å². The lowest BCUT2D eigenvalue weighted by Crippen LogP contribution is -2.36. The molecule has 10 heteroatoms. The van der Waals surface area contributed by atoms with Crippen LogP contribution in [-0.4, -0.2) is 53.7 Å². The molecule has 3 rings (SSSR count). The summed E-state index contributed by atoms with van der Waals surface area (Å²) in [5, 5.41) is 21.3. The van der Waals surface area contributed by atoms with E-state index in [9.17, 15) is 24.8 Å². The minimum Gasteiger partial charge on any atom is -0.464 e. The lowest BCUT2D eigenvalue weighted by Gasteiger charge is -2.29. The maximum atomic E-state index is 11.9. The Labute approximate surface area is 153 Å². The van der Waals surface area contributed by atoms with Crippen molar-refractivity contribution in [2.45, 2.75) is 0 Å². The summed E-state index contributed by atoms with van der Waals surface area (Å²) in [6.45, 7) is 2.17. The van der Waals surface area contributed by atoms with Crippen molar-refractivity contribution in [3.63, 3.8) is 0 Å².